The maximum absolute atomic E-state index is 11.1. The first-order valence-corrected chi connectivity index (χ1v) is 6.16. The number of hydrogen-bond acceptors (Lipinski definition) is 2. The Morgan fingerprint density at radius 3 is 2.35 bits per heavy atom. The highest BCUT2D eigenvalue weighted by atomic mass is 16.5. The summed E-state index contributed by atoms with van der Waals surface area (Å²) in [7, 11) is 0. The van der Waals surface area contributed by atoms with Gasteiger partial charge in [0, 0.05) is 25.0 Å². The fraction of sp³-hybridized carbons (Fsp3) is 0.571. The largest absolute Gasteiger partial charge is 0.379 e. The first-order chi connectivity index (χ1) is 8.08. The van der Waals surface area contributed by atoms with Crippen molar-refractivity contribution in [3.05, 3.63) is 29.8 Å². The van der Waals surface area contributed by atoms with E-state index in [1.807, 2.05) is 12.1 Å². The summed E-state index contributed by atoms with van der Waals surface area (Å²) in [6.45, 7) is 9.12. The van der Waals surface area contributed by atoms with Crippen LogP contribution in [0.4, 0.5) is 0 Å². The van der Waals surface area contributed by atoms with Crippen molar-refractivity contribution in [3.8, 4) is 5.75 Å². The third-order valence-electron chi connectivity index (χ3n) is 3.36. The molecule has 0 amide bonds. The van der Waals surface area contributed by atoms with Gasteiger partial charge in [-0.25, -0.2) is 0 Å². The minimum absolute atomic E-state index is 0.0744. The number of benzene rings is 1. The van der Waals surface area contributed by atoms with Crippen LogP contribution in [0.3, 0.4) is 0 Å². The Labute approximate surface area is 103 Å². The fourth-order valence-corrected chi connectivity index (χ4v) is 2.32. The van der Waals surface area contributed by atoms with E-state index in [1.54, 1.807) is 12.1 Å². The van der Waals surface area contributed by atoms with Crippen LogP contribution >= 0.6 is 0 Å². The van der Waals surface area contributed by atoms with Gasteiger partial charge in [0.25, 0.3) is 0 Å². The van der Waals surface area contributed by atoms with Gasteiger partial charge in [0.2, 0.25) is 0 Å². The van der Waals surface area contributed by atoms with Gasteiger partial charge < -0.3 is 4.74 Å². The SMILES string of the molecule is CC(C)(CN1CCOCC1)c1ccc([O])cc1. The summed E-state index contributed by atoms with van der Waals surface area (Å²) in [5.74, 6) is 0.0796. The van der Waals surface area contributed by atoms with Gasteiger partial charge in [-0.1, -0.05) is 26.0 Å². The smallest absolute Gasteiger partial charge is 0.178 e. The molecule has 0 atom stereocenters. The minimum atomic E-state index is 0.0744. The molecule has 1 fully saturated rings. The molecule has 0 aromatic heterocycles. The molecule has 1 aromatic rings. The second kappa shape index (κ2) is 5.07. The van der Waals surface area contributed by atoms with Gasteiger partial charge in [-0.3, -0.25) is 10.0 Å². The molecule has 1 aromatic carbocycles. The molecule has 1 heterocycles. The second-order valence-electron chi connectivity index (χ2n) is 5.30. The maximum atomic E-state index is 11.1. The van der Waals surface area contributed by atoms with Crippen LogP contribution in [0.2, 0.25) is 0 Å². The Kier molecular flexibility index (Phi) is 3.69. The van der Waals surface area contributed by atoms with Gasteiger partial charge >= 0.3 is 0 Å². The zero-order chi connectivity index (χ0) is 12.3. The predicted molar refractivity (Wildman–Crippen MR) is 66.9 cm³/mol. The molecule has 0 bridgehead atoms. The molecule has 93 valence electrons. The zero-order valence-corrected chi connectivity index (χ0v) is 10.6. The zero-order valence-electron chi connectivity index (χ0n) is 10.6. The highest BCUT2D eigenvalue weighted by Gasteiger charge is 2.25. The van der Waals surface area contributed by atoms with Gasteiger partial charge in [0.05, 0.1) is 13.2 Å². The normalized spacial score (nSPS) is 18.2. The molecule has 1 aliphatic heterocycles. The number of nitrogens with zero attached hydrogens (tertiary/aromatic N) is 1. The van der Waals surface area contributed by atoms with Crippen LogP contribution in [0.1, 0.15) is 19.4 Å². The van der Waals surface area contributed by atoms with Crippen molar-refractivity contribution >= 4 is 0 Å². The van der Waals surface area contributed by atoms with Crippen LogP contribution in [-0.2, 0) is 15.3 Å². The van der Waals surface area contributed by atoms with E-state index < -0.39 is 0 Å². The monoisotopic (exact) mass is 234 g/mol. The summed E-state index contributed by atoms with van der Waals surface area (Å²) in [6.07, 6.45) is 0. The van der Waals surface area contributed by atoms with Crippen LogP contribution in [0, 0.1) is 0 Å². The summed E-state index contributed by atoms with van der Waals surface area (Å²) >= 11 is 0. The Balaban J connectivity index is 2.04. The van der Waals surface area contributed by atoms with Gasteiger partial charge in [-0.05, 0) is 17.7 Å². The minimum Gasteiger partial charge on any atom is -0.379 e. The first-order valence-electron chi connectivity index (χ1n) is 6.16. The highest BCUT2D eigenvalue weighted by Crippen LogP contribution is 2.26. The van der Waals surface area contributed by atoms with Crippen LogP contribution in [-0.4, -0.2) is 37.7 Å². The topological polar surface area (TPSA) is 32.4 Å². The lowest BCUT2D eigenvalue weighted by molar-refractivity contribution is 0.0295. The summed E-state index contributed by atoms with van der Waals surface area (Å²) in [5, 5.41) is 11.1. The lowest BCUT2D eigenvalue weighted by atomic mass is 9.84. The van der Waals surface area contributed by atoms with Crippen LogP contribution in [0.15, 0.2) is 24.3 Å². The summed E-state index contributed by atoms with van der Waals surface area (Å²) in [4.78, 5) is 2.43. The standard InChI is InChI=1S/C14H20NO2/c1-14(2,11-15-7-9-17-10-8-15)12-3-5-13(16)6-4-12/h3-6H,7-11H2,1-2H3. The lowest BCUT2D eigenvalue weighted by Crippen LogP contribution is -2.43. The molecule has 0 saturated carbocycles. The van der Waals surface area contributed by atoms with Crippen molar-refractivity contribution in [2.45, 2.75) is 19.3 Å². The number of rotatable bonds is 3. The molecular formula is C14H20NO2. The van der Waals surface area contributed by atoms with Crippen LogP contribution in [0.5, 0.6) is 5.75 Å². The molecule has 1 radical (unpaired) electrons. The van der Waals surface area contributed by atoms with Crippen molar-refractivity contribution in [1.82, 2.24) is 4.90 Å². The number of morpholine rings is 1. The van der Waals surface area contributed by atoms with E-state index >= 15 is 0 Å². The number of ether oxygens (including phenoxy) is 1. The highest BCUT2D eigenvalue weighted by molar-refractivity contribution is 5.30. The van der Waals surface area contributed by atoms with Gasteiger partial charge in [-0.2, -0.15) is 0 Å². The average Bonchev–Trinajstić information content (AvgIpc) is 2.30. The van der Waals surface area contributed by atoms with E-state index in [1.165, 1.54) is 5.56 Å². The van der Waals surface area contributed by atoms with Crippen molar-refractivity contribution in [2.24, 2.45) is 0 Å². The number of hydrogen-bond donors (Lipinski definition) is 0. The summed E-state index contributed by atoms with van der Waals surface area (Å²) in [6, 6.07) is 7.19. The summed E-state index contributed by atoms with van der Waals surface area (Å²) < 4.78 is 5.35. The quantitative estimate of drug-likeness (QED) is 0.804. The fourth-order valence-electron chi connectivity index (χ4n) is 2.32. The Hall–Kier alpha value is -1.06. The van der Waals surface area contributed by atoms with E-state index in [4.69, 9.17) is 4.74 Å². The Bertz CT molecular complexity index is 353. The molecule has 3 heteroatoms. The maximum Gasteiger partial charge on any atom is 0.178 e. The third-order valence-corrected chi connectivity index (χ3v) is 3.36. The lowest BCUT2D eigenvalue weighted by Gasteiger charge is -2.35. The van der Waals surface area contributed by atoms with E-state index in [0.29, 0.717) is 0 Å². The molecule has 1 saturated heterocycles. The average molecular weight is 234 g/mol. The molecule has 0 unspecified atom stereocenters. The molecule has 0 aliphatic carbocycles. The van der Waals surface area contributed by atoms with Crippen molar-refractivity contribution in [3.63, 3.8) is 0 Å². The predicted octanol–water partition coefficient (Wildman–Crippen LogP) is 2.44. The van der Waals surface area contributed by atoms with E-state index in [9.17, 15) is 5.11 Å². The van der Waals surface area contributed by atoms with Gasteiger partial charge in [-0.15, -0.1) is 0 Å². The molecule has 17 heavy (non-hydrogen) atoms. The van der Waals surface area contributed by atoms with E-state index in [2.05, 4.69) is 18.7 Å². The Morgan fingerprint density at radius 1 is 1.18 bits per heavy atom. The van der Waals surface area contributed by atoms with Crippen molar-refractivity contribution in [1.29, 1.82) is 0 Å². The molecule has 3 nitrogen and oxygen atoms in total. The van der Waals surface area contributed by atoms with Crippen LogP contribution < -0.4 is 0 Å². The van der Waals surface area contributed by atoms with Crippen molar-refractivity contribution < 1.29 is 9.84 Å². The van der Waals surface area contributed by atoms with E-state index in [0.717, 1.165) is 32.8 Å². The van der Waals surface area contributed by atoms with Gasteiger partial charge in [0.15, 0.2) is 5.75 Å². The molecule has 0 spiro atoms. The Morgan fingerprint density at radius 2 is 1.76 bits per heavy atom. The molecule has 0 N–H and O–H groups in total. The summed E-state index contributed by atoms with van der Waals surface area (Å²) in [5.41, 5.74) is 1.30. The van der Waals surface area contributed by atoms with Crippen molar-refractivity contribution in [2.75, 3.05) is 32.8 Å². The second-order valence-corrected chi connectivity index (χ2v) is 5.30. The first kappa shape index (κ1) is 12.4. The molecule has 1 aliphatic rings. The molecular weight excluding hydrogens is 214 g/mol. The van der Waals surface area contributed by atoms with Gasteiger partial charge in [0.1, 0.15) is 0 Å². The van der Waals surface area contributed by atoms with E-state index in [-0.39, 0.29) is 11.2 Å². The van der Waals surface area contributed by atoms with Crippen LogP contribution in [0.25, 0.3) is 0 Å². The third kappa shape index (κ3) is 3.20. The molecule has 2 rings (SSSR count).